The van der Waals surface area contributed by atoms with E-state index in [-0.39, 0.29) is 17.7 Å². The molecule has 0 saturated heterocycles. The van der Waals surface area contributed by atoms with Crippen molar-refractivity contribution in [1.82, 2.24) is 0 Å². The second-order valence-electron chi connectivity index (χ2n) is 4.19. The quantitative estimate of drug-likeness (QED) is 0.724. The Hall–Kier alpha value is -0.830. The Morgan fingerprint density at radius 1 is 1.50 bits per heavy atom. The second kappa shape index (κ2) is 4.13. The minimum Gasteiger partial charge on any atom is -0.490 e. The van der Waals surface area contributed by atoms with Crippen LogP contribution in [0.15, 0.2) is 11.8 Å². The van der Waals surface area contributed by atoms with E-state index in [0.29, 0.717) is 12.4 Å². The molecule has 0 amide bonds. The maximum atomic E-state index is 11.9. The Morgan fingerprint density at radius 3 is 3.00 bits per heavy atom. The van der Waals surface area contributed by atoms with Crippen LogP contribution in [-0.4, -0.2) is 18.4 Å². The third-order valence-corrected chi connectivity index (χ3v) is 3.03. The standard InChI is InChI=1S/C11H17NO2/c12-9-4-1-3-8(7-9)11(13)10-5-2-6-14-10/h5,8-9H,1-4,6-7,12H2. The van der Waals surface area contributed by atoms with E-state index in [1.807, 2.05) is 6.08 Å². The van der Waals surface area contributed by atoms with Gasteiger partial charge in [-0.3, -0.25) is 4.79 Å². The molecule has 0 spiro atoms. The summed E-state index contributed by atoms with van der Waals surface area (Å²) >= 11 is 0. The summed E-state index contributed by atoms with van der Waals surface area (Å²) < 4.78 is 5.27. The van der Waals surface area contributed by atoms with Crippen molar-refractivity contribution in [3.05, 3.63) is 11.8 Å². The van der Waals surface area contributed by atoms with Gasteiger partial charge in [-0.15, -0.1) is 0 Å². The van der Waals surface area contributed by atoms with E-state index in [1.54, 1.807) is 0 Å². The van der Waals surface area contributed by atoms with Crippen LogP contribution in [0.3, 0.4) is 0 Å². The van der Waals surface area contributed by atoms with Crippen LogP contribution in [0.5, 0.6) is 0 Å². The van der Waals surface area contributed by atoms with Gasteiger partial charge in [0.15, 0.2) is 11.5 Å². The number of hydrogen-bond donors (Lipinski definition) is 1. The largest absolute Gasteiger partial charge is 0.490 e. The van der Waals surface area contributed by atoms with Gasteiger partial charge < -0.3 is 10.5 Å². The number of nitrogens with two attached hydrogens (primary N) is 1. The zero-order valence-electron chi connectivity index (χ0n) is 8.37. The summed E-state index contributed by atoms with van der Waals surface area (Å²) in [6, 6.07) is 0.208. The first-order valence-corrected chi connectivity index (χ1v) is 5.40. The van der Waals surface area contributed by atoms with Crippen LogP contribution in [-0.2, 0) is 9.53 Å². The molecule has 1 aliphatic carbocycles. The molecule has 1 saturated carbocycles. The number of hydrogen-bond acceptors (Lipinski definition) is 3. The van der Waals surface area contributed by atoms with Crippen molar-refractivity contribution in [1.29, 1.82) is 0 Å². The predicted molar refractivity (Wildman–Crippen MR) is 53.6 cm³/mol. The number of carbonyl (C=O) groups excluding carboxylic acids is 1. The maximum Gasteiger partial charge on any atom is 0.200 e. The number of allylic oxidation sites excluding steroid dienone is 1. The van der Waals surface area contributed by atoms with Gasteiger partial charge in [0.25, 0.3) is 0 Å². The van der Waals surface area contributed by atoms with Crippen molar-refractivity contribution in [3.63, 3.8) is 0 Å². The summed E-state index contributed by atoms with van der Waals surface area (Å²) in [6.07, 6.45) is 6.73. The third kappa shape index (κ3) is 1.98. The Bertz CT molecular complexity index is 260. The maximum absolute atomic E-state index is 11.9. The van der Waals surface area contributed by atoms with Crippen LogP contribution in [0.25, 0.3) is 0 Å². The van der Waals surface area contributed by atoms with Gasteiger partial charge in [0, 0.05) is 18.4 Å². The predicted octanol–water partition coefficient (Wildman–Crippen LogP) is 1.38. The molecule has 2 aliphatic rings. The second-order valence-corrected chi connectivity index (χ2v) is 4.19. The lowest BCUT2D eigenvalue weighted by Crippen LogP contribution is -2.32. The van der Waals surface area contributed by atoms with E-state index in [0.717, 1.165) is 32.1 Å². The molecule has 1 aliphatic heterocycles. The van der Waals surface area contributed by atoms with Crippen LogP contribution in [0.2, 0.25) is 0 Å². The van der Waals surface area contributed by atoms with Gasteiger partial charge in [0.1, 0.15) is 0 Å². The highest BCUT2D eigenvalue weighted by atomic mass is 16.5. The van der Waals surface area contributed by atoms with Crippen molar-refractivity contribution in [2.24, 2.45) is 11.7 Å². The zero-order chi connectivity index (χ0) is 9.97. The molecule has 0 radical (unpaired) electrons. The van der Waals surface area contributed by atoms with E-state index in [9.17, 15) is 4.79 Å². The molecule has 2 atom stereocenters. The summed E-state index contributed by atoms with van der Waals surface area (Å²) in [5, 5.41) is 0. The van der Waals surface area contributed by atoms with Gasteiger partial charge >= 0.3 is 0 Å². The lowest BCUT2D eigenvalue weighted by atomic mass is 9.83. The topological polar surface area (TPSA) is 52.3 Å². The summed E-state index contributed by atoms with van der Waals surface area (Å²) in [6.45, 7) is 0.667. The smallest absolute Gasteiger partial charge is 0.200 e. The first-order chi connectivity index (χ1) is 6.77. The minimum atomic E-state index is 0.114. The average molecular weight is 195 g/mol. The first kappa shape index (κ1) is 9.71. The number of rotatable bonds is 2. The summed E-state index contributed by atoms with van der Waals surface area (Å²) in [5.74, 6) is 0.879. The Morgan fingerprint density at radius 2 is 2.36 bits per heavy atom. The summed E-state index contributed by atoms with van der Waals surface area (Å²) in [7, 11) is 0. The Balaban J connectivity index is 1.96. The Kier molecular flexibility index (Phi) is 2.87. The summed E-state index contributed by atoms with van der Waals surface area (Å²) in [4.78, 5) is 11.9. The molecule has 0 aromatic rings. The van der Waals surface area contributed by atoms with E-state index >= 15 is 0 Å². The molecule has 1 fully saturated rings. The van der Waals surface area contributed by atoms with Crippen molar-refractivity contribution < 1.29 is 9.53 Å². The average Bonchev–Trinajstić information content (AvgIpc) is 2.69. The molecule has 14 heavy (non-hydrogen) atoms. The zero-order valence-corrected chi connectivity index (χ0v) is 8.37. The van der Waals surface area contributed by atoms with Crippen molar-refractivity contribution in [2.45, 2.75) is 38.1 Å². The van der Waals surface area contributed by atoms with Crippen LogP contribution in [0.1, 0.15) is 32.1 Å². The molecule has 0 bridgehead atoms. The molecule has 3 nitrogen and oxygen atoms in total. The van der Waals surface area contributed by atoms with Crippen molar-refractivity contribution in [2.75, 3.05) is 6.61 Å². The van der Waals surface area contributed by atoms with Gasteiger partial charge in [0.05, 0.1) is 6.61 Å². The Labute approximate surface area is 84.3 Å². The van der Waals surface area contributed by atoms with Crippen LogP contribution >= 0.6 is 0 Å². The number of ketones is 1. The van der Waals surface area contributed by atoms with Crippen LogP contribution in [0, 0.1) is 5.92 Å². The van der Waals surface area contributed by atoms with Gasteiger partial charge in [-0.2, -0.15) is 0 Å². The van der Waals surface area contributed by atoms with Crippen LogP contribution < -0.4 is 5.73 Å². The van der Waals surface area contributed by atoms with E-state index in [4.69, 9.17) is 10.5 Å². The molecule has 2 unspecified atom stereocenters. The highest BCUT2D eigenvalue weighted by Gasteiger charge is 2.29. The van der Waals surface area contributed by atoms with E-state index < -0.39 is 0 Å². The number of carbonyl (C=O) groups is 1. The lowest BCUT2D eigenvalue weighted by molar-refractivity contribution is -0.123. The number of Topliss-reactive ketones (excluding diaryl/α,β-unsaturated/α-hetero) is 1. The van der Waals surface area contributed by atoms with Gasteiger partial charge in [-0.25, -0.2) is 0 Å². The van der Waals surface area contributed by atoms with Gasteiger partial charge in [-0.05, 0) is 25.3 Å². The molecule has 3 heteroatoms. The molecule has 2 rings (SSSR count). The number of ether oxygens (including phenoxy) is 1. The minimum absolute atomic E-state index is 0.114. The fourth-order valence-corrected chi connectivity index (χ4v) is 2.26. The molecular formula is C11H17NO2. The fourth-order valence-electron chi connectivity index (χ4n) is 2.26. The SMILES string of the molecule is NC1CCCC(C(=O)C2=CCCO2)C1. The van der Waals surface area contributed by atoms with Crippen molar-refractivity contribution in [3.8, 4) is 0 Å². The van der Waals surface area contributed by atoms with Gasteiger partial charge in [-0.1, -0.05) is 6.42 Å². The monoisotopic (exact) mass is 195 g/mol. The lowest BCUT2D eigenvalue weighted by Gasteiger charge is -2.25. The molecule has 0 aromatic heterocycles. The van der Waals surface area contributed by atoms with Crippen molar-refractivity contribution >= 4 is 5.78 Å². The molecule has 2 N–H and O–H groups in total. The molecule has 0 aromatic carbocycles. The molecule has 78 valence electrons. The van der Waals surface area contributed by atoms with Crippen LogP contribution in [0.4, 0.5) is 0 Å². The van der Waals surface area contributed by atoms with E-state index in [1.165, 1.54) is 0 Å². The summed E-state index contributed by atoms with van der Waals surface area (Å²) in [5.41, 5.74) is 5.85. The normalized spacial score (nSPS) is 32.2. The van der Waals surface area contributed by atoms with E-state index in [2.05, 4.69) is 0 Å². The molecule has 1 heterocycles. The van der Waals surface area contributed by atoms with Gasteiger partial charge in [0.2, 0.25) is 0 Å². The third-order valence-electron chi connectivity index (χ3n) is 3.03. The highest BCUT2D eigenvalue weighted by Crippen LogP contribution is 2.27. The first-order valence-electron chi connectivity index (χ1n) is 5.40. The fraction of sp³-hybridized carbons (Fsp3) is 0.727. The highest BCUT2D eigenvalue weighted by molar-refractivity contribution is 5.95. The molecular weight excluding hydrogens is 178 g/mol.